The van der Waals surface area contributed by atoms with E-state index in [1.807, 2.05) is 12.1 Å². The molecule has 1 aliphatic rings. The van der Waals surface area contributed by atoms with Crippen molar-refractivity contribution in [3.05, 3.63) is 34.9 Å². The number of rotatable bonds is 4. The summed E-state index contributed by atoms with van der Waals surface area (Å²) in [7, 11) is 0. The number of hydrogen-bond donors (Lipinski definition) is 1. The van der Waals surface area contributed by atoms with E-state index in [2.05, 4.69) is 17.4 Å². The van der Waals surface area contributed by atoms with Crippen LogP contribution in [0, 0.1) is 0 Å². The summed E-state index contributed by atoms with van der Waals surface area (Å²) in [6.07, 6.45) is 2.52. The van der Waals surface area contributed by atoms with Gasteiger partial charge in [0.15, 0.2) is 0 Å². The quantitative estimate of drug-likeness (QED) is 0.849. The first kappa shape index (κ1) is 10.9. The third-order valence-corrected chi connectivity index (χ3v) is 2.92. The van der Waals surface area contributed by atoms with Crippen LogP contribution in [0.2, 0.25) is 5.02 Å². The molecule has 2 nitrogen and oxygen atoms in total. The Morgan fingerprint density at radius 2 is 2.13 bits per heavy atom. The molecule has 0 bridgehead atoms. The van der Waals surface area contributed by atoms with Gasteiger partial charge in [0.05, 0.1) is 12.7 Å². The van der Waals surface area contributed by atoms with E-state index >= 15 is 0 Å². The van der Waals surface area contributed by atoms with Crippen molar-refractivity contribution in [2.75, 3.05) is 19.7 Å². The largest absolute Gasteiger partial charge is 0.377 e. The van der Waals surface area contributed by atoms with Crippen molar-refractivity contribution >= 4 is 11.6 Å². The van der Waals surface area contributed by atoms with Gasteiger partial charge in [-0.3, -0.25) is 0 Å². The number of ether oxygens (including phenoxy) is 1. The zero-order chi connectivity index (χ0) is 10.5. The molecule has 0 aromatic heterocycles. The molecule has 1 atom stereocenters. The molecule has 1 heterocycles. The predicted molar refractivity (Wildman–Crippen MR) is 62.4 cm³/mol. The van der Waals surface area contributed by atoms with Crippen LogP contribution in [0.5, 0.6) is 0 Å². The van der Waals surface area contributed by atoms with E-state index in [0.29, 0.717) is 6.10 Å². The van der Waals surface area contributed by atoms with Crippen LogP contribution in [-0.4, -0.2) is 25.8 Å². The first-order valence-electron chi connectivity index (χ1n) is 5.41. The molecule has 1 fully saturated rings. The molecule has 0 spiro atoms. The molecule has 1 N–H and O–H groups in total. The van der Waals surface area contributed by atoms with Crippen LogP contribution in [0.15, 0.2) is 24.3 Å². The highest BCUT2D eigenvalue weighted by atomic mass is 35.5. The lowest BCUT2D eigenvalue weighted by atomic mass is 10.2. The van der Waals surface area contributed by atoms with Crippen molar-refractivity contribution in [3.8, 4) is 0 Å². The van der Waals surface area contributed by atoms with Crippen molar-refractivity contribution < 1.29 is 4.74 Å². The minimum atomic E-state index is 0.414. The van der Waals surface area contributed by atoms with Gasteiger partial charge in [0, 0.05) is 11.6 Å². The Morgan fingerprint density at radius 3 is 2.80 bits per heavy atom. The van der Waals surface area contributed by atoms with Crippen molar-refractivity contribution in [1.29, 1.82) is 0 Å². The molecule has 3 heteroatoms. The molecule has 15 heavy (non-hydrogen) atoms. The second kappa shape index (κ2) is 5.50. The standard InChI is InChI=1S/C12H16ClNO/c13-11-3-1-10(2-4-11)6-8-15-12-5-7-14-9-12/h1-4,12,14H,5-9H2. The highest BCUT2D eigenvalue weighted by molar-refractivity contribution is 6.30. The van der Waals surface area contributed by atoms with Gasteiger partial charge < -0.3 is 10.1 Å². The lowest BCUT2D eigenvalue weighted by Crippen LogP contribution is -2.17. The number of halogens is 1. The van der Waals surface area contributed by atoms with Crippen LogP contribution in [0.3, 0.4) is 0 Å². The molecule has 82 valence electrons. The van der Waals surface area contributed by atoms with Crippen LogP contribution in [0.1, 0.15) is 12.0 Å². The molecule has 0 amide bonds. The van der Waals surface area contributed by atoms with Gasteiger partial charge in [0.25, 0.3) is 0 Å². The Morgan fingerprint density at radius 1 is 1.33 bits per heavy atom. The Balaban J connectivity index is 1.71. The van der Waals surface area contributed by atoms with Crippen LogP contribution < -0.4 is 5.32 Å². The van der Waals surface area contributed by atoms with E-state index in [9.17, 15) is 0 Å². The average molecular weight is 226 g/mol. The van der Waals surface area contributed by atoms with Gasteiger partial charge in [-0.25, -0.2) is 0 Å². The van der Waals surface area contributed by atoms with Gasteiger partial charge in [0.1, 0.15) is 0 Å². The molecule has 0 saturated carbocycles. The maximum atomic E-state index is 5.81. The number of benzene rings is 1. The lowest BCUT2D eigenvalue weighted by Gasteiger charge is -2.10. The molecule has 0 radical (unpaired) electrons. The summed E-state index contributed by atoms with van der Waals surface area (Å²) >= 11 is 5.81. The minimum Gasteiger partial charge on any atom is -0.377 e. The van der Waals surface area contributed by atoms with Crippen molar-refractivity contribution in [2.45, 2.75) is 18.9 Å². The molecule has 0 aliphatic carbocycles. The maximum absolute atomic E-state index is 5.81. The van der Waals surface area contributed by atoms with Gasteiger partial charge in [-0.05, 0) is 37.1 Å². The van der Waals surface area contributed by atoms with Gasteiger partial charge >= 0.3 is 0 Å². The third-order valence-electron chi connectivity index (χ3n) is 2.67. The second-order valence-corrected chi connectivity index (χ2v) is 4.30. The molecule has 1 aliphatic heterocycles. The van der Waals surface area contributed by atoms with Crippen molar-refractivity contribution in [2.24, 2.45) is 0 Å². The number of nitrogens with one attached hydrogen (secondary N) is 1. The van der Waals surface area contributed by atoms with Crippen LogP contribution in [0.4, 0.5) is 0 Å². The highest BCUT2D eigenvalue weighted by Crippen LogP contribution is 2.10. The SMILES string of the molecule is Clc1ccc(CCOC2CCNC2)cc1. The monoisotopic (exact) mass is 225 g/mol. The number of hydrogen-bond acceptors (Lipinski definition) is 2. The fourth-order valence-corrected chi connectivity index (χ4v) is 1.89. The van der Waals surface area contributed by atoms with Gasteiger partial charge in [0.2, 0.25) is 0 Å². The van der Waals surface area contributed by atoms with Crippen LogP contribution >= 0.6 is 11.6 Å². The maximum Gasteiger partial charge on any atom is 0.0711 e. The Bertz CT molecular complexity index is 293. The molecule has 1 saturated heterocycles. The molecule has 1 aromatic carbocycles. The Kier molecular flexibility index (Phi) is 4.01. The molecule has 1 unspecified atom stereocenters. The van der Waals surface area contributed by atoms with Gasteiger partial charge in [-0.1, -0.05) is 23.7 Å². The fourth-order valence-electron chi connectivity index (χ4n) is 1.76. The Hall–Kier alpha value is -0.570. The molecular weight excluding hydrogens is 210 g/mol. The van der Waals surface area contributed by atoms with E-state index < -0.39 is 0 Å². The molecule has 1 aromatic rings. The Labute approximate surface area is 95.6 Å². The highest BCUT2D eigenvalue weighted by Gasteiger charge is 2.13. The summed E-state index contributed by atoms with van der Waals surface area (Å²) < 4.78 is 5.74. The summed E-state index contributed by atoms with van der Waals surface area (Å²) in [5.74, 6) is 0. The van der Waals surface area contributed by atoms with Crippen LogP contribution in [-0.2, 0) is 11.2 Å². The summed E-state index contributed by atoms with van der Waals surface area (Å²) in [5.41, 5.74) is 1.28. The molecule has 2 rings (SSSR count). The lowest BCUT2D eigenvalue weighted by molar-refractivity contribution is 0.0694. The van der Waals surface area contributed by atoms with E-state index in [1.165, 1.54) is 5.56 Å². The molecular formula is C12H16ClNO. The third kappa shape index (κ3) is 3.49. The first-order valence-corrected chi connectivity index (χ1v) is 5.79. The topological polar surface area (TPSA) is 21.3 Å². The van der Waals surface area contributed by atoms with Crippen molar-refractivity contribution in [3.63, 3.8) is 0 Å². The summed E-state index contributed by atoms with van der Waals surface area (Å²) in [6.45, 7) is 2.89. The van der Waals surface area contributed by atoms with Gasteiger partial charge in [-0.2, -0.15) is 0 Å². The van der Waals surface area contributed by atoms with E-state index in [1.54, 1.807) is 0 Å². The van der Waals surface area contributed by atoms with E-state index in [0.717, 1.165) is 37.6 Å². The fraction of sp³-hybridized carbons (Fsp3) is 0.500. The zero-order valence-electron chi connectivity index (χ0n) is 8.71. The van der Waals surface area contributed by atoms with Crippen LogP contribution in [0.25, 0.3) is 0 Å². The summed E-state index contributed by atoms with van der Waals surface area (Å²) in [5, 5.41) is 4.08. The van der Waals surface area contributed by atoms with Gasteiger partial charge in [-0.15, -0.1) is 0 Å². The minimum absolute atomic E-state index is 0.414. The van der Waals surface area contributed by atoms with E-state index in [-0.39, 0.29) is 0 Å². The first-order chi connectivity index (χ1) is 7.34. The normalized spacial score (nSPS) is 20.7. The van der Waals surface area contributed by atoms with E-state index in [4.69, 9.17) is 16.3 Å². The predicted octanol–water partition coefficient (Wildman–Crippen LogP) is 2.26. The zero-order valence-corrected chi connectivity index (χ0v) is 9.46. The van der Waals surface area contributed by atoms with Crippen molar-refractivity contribution in [1.82, 2.24) is 5.32 Å². The summed E-state index contributed by atoms with van der Waals surface area (Å²) in [4.78, 5) is 0. The summed E-state index contributed by atoms with van der Waals surface area (Å²) in [6, 6.07) is 7.96. The smallest absolute Gasteiger partial charge is 0.0711 e. The second-order valence-electron chi connectivity index (χ2n) is 3.86. The average Bonchev–Trinajstić information content (AvgIpc) is 2.74.